The maximum atomic E-state index is 10.3. The lowest BCUT2D eigenvalue weighted by molar-refractivity contribution is 0.158. The Hall–Kier alpha value is -2.00. The van der Waals surface area contributed by atoms with E-state index in [0.29, 0.717) is 30.8 Å². The van der Waals surface area contributed by atoms with Gasteiger partial charge in [0.15, 0.2) is 17.5 Å². The number of piperidine rings is 1. The molecular weight excluding hydrogens is 515 g/mol. The van der Waals surface area contributed by atoms with E-state index in [1.807, 2.05) is 12.1 Å². The third-order valence-electron chi connectivity index (χ3n) is 6.00. The molecule has 3 rings (SSSR count). The standard InChI is InChI=1S/C25H36N4O2.HI/c1-4-26-25(27-16-13-21-11-8-12-23(31-3)24(21)30)28-22-14-17-29(18-15-22)19(2)20-9-6-5-7-10-20;/h5-12,19,22,30H,4,13-18H2,1-3H3,(H2,26,27,28);1H. The van der Waals surface area contributed by atoms with Crippen molar-refractivity contribution in [2.24, 2.45) is 4.99 Å². The molecule has 0 saturated carbocycles. The summed E-state index contributed by atoms with van der Waals surface area (Å²) in [6.07, 6.45) is 2.85. The second-order valence-electron chi connectivity index (χ2n) is 8.02. The fourth-order valence-corrected chi connectivity index (χ4v) is 4.11. The molecular formula is C25H37IN4O2. The van der Waals surface area contributed by atoms with Gasteiger partial charge in [0.2, 0.25) is 0 Å². The van der Waals surface area contributed by atoms with Gasteiger partial charge in [0.05, 0.1) is 7.11 Å². The summed E-state index contributed by atoms with van der Waals surface area (Å²) < 4.78 is 5.19. The van der Waals surface area contributed by atoms with Crippen molar-refractivity contribution in [2.75, 3.05) is 33.3 Å². The topological polar surface area (TPSA) is 69.1 Å². The summed E-state index contributed by atoms with van der Waals surface area (Å²) in [6, 6.07) is 17.2. The van der Waals surface area contributed by atoms with E-state index in [2.05, 4.69) is 59.7 Å². The number of phenolic OH excluding ortho intramolecular Hbond substituents is 1. The number of rotatable bonds is 8. The predicted molar refractivity (Wildman–Crippen MR) is 142 cm³/mol. The minimum Gasteiger partial charge on any atom is -0.504 e. The van der Waals surface area contributed by atoms with Gasteiger partial charge in [0, 0.05) is 38.3 Å². The first-order valence-electron chi connectivity index (χ1n) is 11.3. The van der Waals surface area contributed by atoms with E-state index in [4.69, 9.17) is 9.73 Å². The van der Waals surface area contributed by atoms with Crippen LogP contribution in [0.3, 0.4) is 0 Å². The quantitative estimate of drug-likeness (QED) is 0.258. The normalized spacial score (nSPS) is 16.2. The van der Waals surface area contributed by atoms with Crippen LogP contribution in [-0.2, 0) is 6.42 Å². The highest BCUT2D eigenvalue weighted by molar-refractivity contribution is 14.0. The van der Waals surface area contributed by atoms with E-state index in [-0.39, 0.29) is 29.7 Å². The molecule has 7 heteroatoms. The minimum absolute atomic E-state index is 0. The van der Waals surface area contributed by atoms with Crippen LogP contribution >= 0.6 is 24.0 Å². The molecule has 2 aromatic carbocycles. The molecule has 0 radical (unpaired) electrons. The largest absolute Gasteiger partial charge is 0.504 e. The van der Waals surface area contributed by atoms with Gasteiger partial charge >= 0.3 is 0 Å². The maximum Gasteiger partial charge on any atom is 0.191 e. The third-order valence-corrected chi connectivity index (χ3v) is 6.00. The van der Waals surface area contributed by atoms with Crippen LogP contribution in [0, 0.1) is 0 Å². The number of hydrogen-bond acceptors (Lipinski definition) is 4. The minimum atomic E-state index is 0. The number of phenols is 1. The number of nitrogens with one attached hydrogen (secondary N) is 2. The summed E-state index contributed by atoms with van der Waals surface area (Å²) >= 11 is 0. The summed E-state index contributed by atoms with van der Waals surface area (Å²) in [4.78, 5) is 7.29. The van der Waals surface area contributed by atoms with Gasteiger partial charge in [-0.25, -0.2) is 0 Å². The van der Waals surface area contributed by atoms with Crippen LogP contribution in [0.2, 0.25) is 0 Å². The third kappa shape index (κ3) is 7.27. The smallest absolute Gasteiger partial charge is 0.191 e. The summed E-state index contributed by atoms with van der Waals surface area (Å²) in [5.74, 6) is 1.56. The van der Waals surface area contributed by atoms with E-state index in [1.165, 1.54) is 5.56 Å². The van der Waals surface area contributed by atoms with E-state index >= 15 is 0 Å². The Labute approximate surface area is 209 Å². The molecule has 1 saturated heterocycles. The first kappa shape index (κ1) is 26.3. The zero-order valence-electron chi connectivity index (χ0n) is 19.4. The molecule has 176 valence electrons. The van der Waals surface area contributed by atoms with Gasteiger partial charge in [-0.1, -0.05) is 42.5 Å². The van der Waals surface area contributed by atoms with Gasteiger partial charge in [-0.15, -0.1) is 24.0 Å². The van der Waals surface area contributed by atoms with Gasteiger partial charge in [0.25, 0.3) is 0 Å². The maximum absolute atomic E-state index is 10.3. The number of ether oxygens (including phenoxy) is 1. The van der Waals surface area contributed by atoms with Crippen molar-refractivity contribution >= 4 is 29.9 Å². The number of aromatic hydroxyl groups is 1. The number of nitrogens with zero attached hydrogens (tertiary/aromatic N) is 2. The van der Waals surface area contributed by atoms with Crippen LogP contribution in [0.15, 0.2) is 53.5 Å². The van der Waals surface area contributed by atoms with Gasteiger partial charge in [-0.3, -0.25) is 9.89 Å². The lowest BCUT2D eigenvalue weighted by Crippen LogP contribution is -2.49. The lowest BCUT2D eigenvalue weighted by atomic mass is 10.0. The highest BCUT2D eigenvalue weighted by Crippen LogP contribution is 2.29. The zero-order valence-corrected chi connectivity index (χ0v) is 21.7. The second kappa shape index (κ2) is 13.5. The van der Waals surface area contributed by atoms with E-state index in [0.717, 1.165) is 44.0 Å². The molecule has 1 atom stereocenters. The molecule has 1 heterocycles. The molecule has 0 spiro atoms. The molecule has 3 N–H and O–H groups in total. The first-order valence-corrected chi connectivity index (χ1v) is 11.3. The van der Waals surface area contributed by atoms with Crippen molar-refractivity contribution in [3.63, 3.8) is 0 Å². The van der Waals surface area contributed by atoms with Gasteiger partial charge in [-0.05, 0) is 50.3 Å². The van der Waals surface area contributed by atoms with E-state index in [9.17, 15) is 5.11 Å². The molecule has 0 bridgehead atoms. The van der Waals surface area contributed by atoms with Crippen LogP contribution in [0.4, 0.5) is 0 Å². The number of likely N-dealkylation sites (tertiary alicyclic amines) is 1. The number of halogens is 1. The highest BCUT2D eigenvalue weighted by atomic mass is 127. The fraction of sp³-hybridized carbons (Fsp3) is 0.480. The van der Waals surface area contributed by atoms with Crippen molar-refractivity contribution in [3.05, 3.63) is 59.7 Å². The van der Waals surface area contributed by atoms with Crippen LogP contribution in [0.25, 0.3) is 0 Å². The lowest BCUT2D eigenvalue weighted by Gasteiger charge is -2.37. The number of guanidine groups is 1. The summed E-state index contributed by atoms with van der Waals surface area (Å²) in [6.45, 7) is 7.94. The van der Waals surface area contributed by atoms with E-state index < -0.39 is 0 Å². The fourth-order valence-electron chi connectivity index (χ4n) is 4.11. The molecule has 32 heavy (non-hydrogen) atoms. The van der Waals surface area contributed by atoms with Crippen molar-refractivity contribution < 1.29 is 9.84 Å². The van der Waals surface area contributed by atoms with Crippen LogP contribution in [0.5, 0.6) is 11.5 Å². The number of aliphatic imine (C=N–C) groups is 1. The Morgan fingerprint density at radius 1 is 1.16 bits per heavy atom. The van der Waals surface area contributed by atoms with Crippen molar-refractivity contribution in [1.82, 2.24) is 15.5 Å². The molecule has 1 unspecified atom stereocenters. The monoisotopic (exact) mass is 552 g/mol. The average Bonchev–Trinajstić information content (AvgIpc) is 2.81. The Bertz CT molecular complexity index is 839. The Morgan fingerprint density at radius 3 is 2.53 bits per heavy atom. The van der Waals surface area contributed by atoms with Gasteiger partial charge in [0.1, 0.15) is 0 Å². The molecule has 1 aliphatic heterocycles. The Morgan fingerprint density at radius 2 is 1.88 bits per heavy atom. The average molecular weight is 553 g/mol. The molecule has 6 nitrogen and oxygen atoms in total. The molecule has 0 aromatic heterocycles. The SMILES string of the molecule is CCNC(=NCCc1cccc(OC)c1O)NC1CCN(C(C)c2ccccc2)CC1.I. The van der Waals surface area contributed by atoms with Crippen LogP contribution < -0.4 is 15.4 Å². The Balaban J connectivity index is 0.00000363. The van der Waals surface area contributed by atoms with Crippen LogP contribution in [-0.4, -0.2) is 55.3 Å². The molecule has 0 amide bonds. The van der Waals surface area contributed by atoms with Gasteiger partial charge in [-0.2, -0.15) is 0 Å². The second-order valence-corrected chi connectivity index (χ2v) is 8.02. The summed E-state index contributed by atoms with van der Waals surface area (Å²) in [5.41, 5.74) is 2.23. The first-order chi connectivity index (χ1) is 15.1. The summed E-state index contributed by atoms with van der Waals surface area (Å²) in [7, 11) is 1.57. The number of methoxy groups -OCH3 is 1. The summed E-state index contributed by atoms with van der Waals surface area (Å²) in [5, 5.41) is 17.2. The van der Waals surface area contributed by atoms with Crippen molar-refractivity contribution in [1.29, 1.82) is 0 Å². The molecule has 1 aliphatic rings. The number of benzene rings is 2. The van der Waals surface area contributed by atoms with Crippen LogP contribution in [0.1, 0.15) is 43.9 Å². The molecule has 0 aliphatic carbocycles. The zero-order chi connectivity index (χ0) is 22.1. The van der Waals surface area contributed by atoms with Crippen molar-refractivity contribution in [2.45, 2.75) is 45.2 Å². The number of para-hydroxylation sites is 1. The van der Waals surface area contributed by atoms with Gasteiger partial charge < -0.3 is 20.5 Å². The molecule has 2 aromatic rings. The Kier molecular flexibility index (Phi) is 11.1. The number of hydrogen-bond donors (Lipinski definition) is 3. The highest BCUT2D eigenvalue weighted by Gasteiger charge is 2.24. The van der Waals surface area contributed by atoms with Crippen molar-refractivity contribution in [3.8, 4) is 11.5 Å². The molecule has 1 fully saturated rings. The predicted octanol–water partition coefficient (Wildman–Crippen LogP) is 4.34. The van der Waals surface area contributed by atoms with E-state index in [1.54, 1.807) is 13.2 Å².